The van der Waals surface area contributed by atoms with E-state index in [0.717, 1.165) is 39.3 Å². The second-order valence-corrected chi connectivity index (χ2v) is 13.9. The molecule has 8 aromatic carbocycles. The summed E-state index contributed by atoms with van der Waals surface area (Å²) < 4.78 is 6.76. The highest BCUT2D eigenvalue weighted by molar-refractivity contribution is 5.98. The number of rotatable bonds is 7. The third-order valence-corrected chi connectivity index (χ3v) is 10.6. The zero-order chi connectivity index (χ0) is 35.8. The molecule has 0 aromatic heterocycles. The van der Waals surface area contributed by atoms with Crippen molar-refractivity contribution in [2.75, 3.05) is 4.90 Å². The van der Waals surface area contributed by atoms with Gasteiger partial charge in [0.1, 0.15) is 12.1 Å². The van der Waals surface area contributed by atoms with Gasteiger partial charge in [0.15, 0.2) is 0 Å². The highest BCUT2D eigenvalue weighted by Crippen LogP contribution is 2.46. The van der Waals surface area contributed by atoms with Crippen LogP contribution in [0.25, 0.3) is 49.9 Å². The van der Waals surface area contributed by atoms with E-state index in [4.69, 9.17) is 9.73 Å². The van der Waals surface area contributed by atoms with Crippen molar-refractivity contribution in [2.24, 2.45) is 4.99 Å². The van der Waals surface area contributed by atoms with Crippen molar-refractivity contribution in [1.29, 1.82) is 0 Å². The average molecular weight is 693 g/mol. The molecule has 2 aliphatic rings. The Balaban J connectivity index is 1.05. The van der Waals surface area contributed by atoms with Crippen LogP contribution in [-0.2, 0) is 4.74 Å². The Hall–Kier alpha value is -6.97. The molecule has 0 saturated heterocycles. The number of hydrogen-bond donors (Lipinski definition) is 0. The Bertz CT molecular complexity index is 2680. The van der Waals surface area contributed by atoms with Crippen molar-refractivity contribution in [3.8, 4) is 33.4 Å². The maximum atomic E-state index is 6.76. The Morgan fingerprint density at radius 3 is 1.74 bits per heavy atom. The average Bonchev–Trinajstić information content (AvgIpc) is 3.69. The molecule has 256 valence electrons. The van der Waals surface area contributed by atoms with Crippen LogP contribution in [0.1, 0.15) is 22.7 Å². The van der Waals surface area contributed by atoms with Gasteiger partial charge in [-0.25, -0.2) is 4.99 Å². The molecule has 0 radical (unpaired) electrons. The lowest BCUT2D eigenvalue weighted by Gasteiger charge is -2.34. The molecule has 2 atom stereocenters. The maximum Gasteiger partial charge on any atom is 0.217 e. The first-order valence-corrected chi connectivity index (χ1v) is 18.5. The van der Waals surface area contributed by atoms with Gasteiger partial charge in [0.2, 0.25) is 5.90 Å². The lowest BCUT2D eigenvalue weighted by Crippen LogP contribution is -2.26. The second-order valence-electron chi connectivity index (χ2n) is 13.9. The first-order chi connectivity index (χ1) is 26.7. The number of nitrogens with zero attached hydrogens (tertiary/aromatic N) is 2. The lowest BCUT2D eigenvalue weighted by molar-refractivity contribution is 0.241. The van der Waals surface area contributed by atoms with Gasteiger partial charge in [-0.3, -0.25) is 0 Å². The summed E-state index contributed by atoms with van der Waals surface area (Å²) in [6, 6.07) is 71.1. The highest BCUT2D eigenvalue weighted by Gasteiger charge is 2.38. The molecule has 0 amide bonds. The Labute approximate surface area is 315 Å². The van der Waals surface area contributed by atoms with Gasteiger partial charge < -0.3 is 9.64 Å². The molecule has 8 aromatic rings. The standard InChI is InChI=1S/C51H36N2O/c1-3-12-35(13-4-1)38-22-25-40(26-23-38)51-52-50-47-21-10-9-20-46(47)48(34-49(50)54-51)53(45-19-11-18-42(33-45)36-14-5-2-6-15-36)44-30-28-39(29-31-44)43-27-24-37-16-7-8-17-41(37)32-43/h1-34,49-50H. The summed E-state index contributed by atoms with van der Waals surface area (Å²) in [7, 11) is 0. The zero-order valence-electron chi connectivity index (χ0n) is 29.6. The smallest absolute Gasteiger partial charge is 0.217 e. The van der Waals surface area contributed by atoms with Gasteiger partial charge >= 0.3 is 0 Å². The molecular weight excluding hydrogens is 657 g/mol. The number of aliphatic imine (C=N–C) groups is 1. The largest absolute Gasteiger partial charge is 0.467 e. The van der Waals surface area contributed by atoms with Crippen LogP contribution in [0.2, 0.25) is 0 Å². The molecular formula is C51H36N2O. The summed E-state index contributed by atoms with van der Waals surface area (Å²) in [5, 5.41) is 2.48. The number of hydrogen-bond acceptors (Lipinski definition) is 3. The van der Waals surface area contributed by atoms with E-state index >= 15 is 0 Å². The summed E-state index contributed by atoms with van der Waals surface area (Å²) >= 11 is 0. The molecule has 3 nitrogen and oxygen atoms in total. The van der Waals surface area contributed by atoms with Gasteiger partial charge in [0.25, 0.3) is 0 Å². The first kappa shape index (κ1) is 31.7. The predicted octanol–water partition coefficient (Wildman–Crippen LogP) is 12.9. The third-order valence-electron chi connectivity index (χ3n) is 10.6. The fraction of sp³-hybridized carbons (Fsp3) is 0.0392. The van der Waals surface area contributed by atoms with Crippen molar-refractivity contribution >= 4 is 33.7 Å². The van der Waals surface area contributed by atoms with Crippen LogP contribution in [0.15, 0.2) is 211 Å². The first-order valence-electron chi connectivity index (χ1n) is 18.5. The van der Waals surface area contributed by atoms with E-state index in [9.17, 15) is 0 Å². The van der Waals surface area contributed by atoms with Crippen molar-refractivity contribution in [3.05, 3.63) is 223 Å². The molecule has 3 heteroatoms. The fourth-order valence-electron chi connectivity index (χ4n) is 7.86. The zero-order valence-corrected chi connectivity index (χ0v) is 29.6. The molecule has 0 fully saturated rings. The number of ether oxygens (including phenoxy) is 1. The third kappa shape index (κ3) is 5.86. The summed E-state index contributed by atoms with van der Waals surface area (Å²) in [6.45, 7) is 0. The lowest BCUT2D eigenvalue weighted by atomic mass is 9.88. The monoisotopic (exact) mass is 692 g/mol. The summed E-state index contributed by atoms with van der Waals surface area (Å²) in [5.74, 6) is 0.675. The minimum atomic E-state index is -0.254. The summed E-state index contributed by atoms with van der Waals surface area (Å²) in [5.41, 5.74) is 13.6. The van der Waals surface area contributed by atoms with Crippen molar-refractivity contribution in [2.45, 2.75) is 12.1 Å². The number of benzene rings is 8. The summed E-state index contributed by atoms with van der Waals surface area (Å²) in [6.07, 6.45) is 2.02. The van der Waals surface area contributed by atoms with Crippen molar-refractivity contribution in [1.82, 2.24) is 0 Å². The van der Waals surface area contributed by atoms with Gasteiger partial charge in [-0.15, -0.1) is 0 Å². The van der Waals surface area contributed by atoms with E-state index < -0.39 is 0 Å². The van der Waals surface area contributed by atoms with Crippen LogP contribution in [-0.4, -0.2) is 12.0 Å². The summed E-state index contributed by atoms with van der Waals surface area (Å²) in [4.78, 5) is 7.59. The molecule has 2 unspecified atom stereocenters. The SMILES string of the molecule is C1=C(N(c2ccc(-c3ccc4ccccc4c3)cc2)c2cccc(-c3ccccc3)c2)c2ccccc2C2N=C(c3ccc(-c4ccccc4)cc3)OC12. The van der Waals surface area contributed by atoms with Gasteiger partial charge in [-0.2, -0.15) is 0 Å². The van der Waals surface area contributed by atoms with E-state index in [2.05, 4.69) is 205 Å². The fourth-order valence-corrected chi connectivity index (χ4v) is 7.86. The Kier molecular flexibility index (Phi) is 7.96. The molecule has 0 spiro atoms. The molecule has 0 N–H and O–H groups in total. The molecule has 1 heterocycles. The van der Waals surface area contributed by atoms with Crippen molar-refractivity contribution < 1.29 is 4.74 Å². The van der Waals surface area contributed by atoms with Crippen LogP contribution in [0, 0.1) is 0 Å². The van der Waals surface area contributed by atoms with Crippen LogP contribution >= 0.6 is 0 Å². The van der Waals surface area contributed by atoms with Crippen LogP contribution in [0.4, 0.5) is 11.4 Å². The number of anilines is 2. The highest BCUT2D eigenvalue weighted by atomic mass is 16.5. The second kappa shape index (κ2) is 13.5. The predicted molar refractivity (Wildman–Crippen MR) is 224 cm³/mol. The topological polar surface area (TPSA) is 24.8 Å². The molecule has 0 bridgehead atoms. The minimum Gasteiger partial charge on any atom is -0.467 e. The normalized spacial score (nSPS) is 15.8. The van der Waals surface area contributed by atoms with Crippen LogP contribution in [0.5, 0.6) is 0 Å². The van der Waals surface area contributed by atoms with Crippen LogP contribution in [0.3, 0.4) is 0 Å². The van der Waals surface area contributed by atoms with Gasteiger partial charge in [0.05, 0.1) is 5.70 Å². The van der Waals surface area contributed by atoms with E-state index in [0.29, 0.717) is 5.90 Å². The Morgan fingerprint density at radius 1 is 0.407 bits per heavy atom. The number of fused-ring (bicyclic) bond motifs is 4. The van der Waals surface area contributed by atoms with E-state index in [1.54, 1.807) is 0 Å². The quantitative estimate of drug-likeness (QED) is 0.166. The maximum absolute atomic E-state index is 6.76. The van der Waals surface area contributed by atoms with E-state index in [1.165, 1.54) is 38.6 Å². The minimum absolute atomic E-state index is 0.137. The van der Waals surface area contributed by atoms with Gasteiger partial charge in [-0.1, -0.05) is 158 Å². The molecule has 1 aliphatic carbocycles. The molecule has 1 aliphatic heterocycles. The Morgan fingerprint density at radius 2 is 0.963 bits per heavy atom. The molecule has 54 heavy (non-hydrogen) atoms. The van der Waals surface area contributed by atoms with Gasteiger partial charge in [-0.05, 0) is 98.3 Å². The van der Waals surface area contributed by atoms with E-state index in [-0.39, 0.29) is 12.1 Å². The van der Waals surface area contributed by atoms with Gasteiger partial charge in [0, 0.05) is 22.5 Å². The molecule has 10 rings (SSSR count). The van der Waals surface area contributed by atoms with Crippen LogP contribution < -0.4 is 4.90 Å². The molecule has 0 saturated carbocycles. The van der Waals surface area contributed by atoms with Crippen molar-refractivity contribution in [3.63, 3.8) is 0 Å². The van der Waals surface area contributed by atoms with E-state index in [1.807, 2.05) is 6.07 Å².